The topological polar surface area (TPSA) is 26.0 Å². The fourth-order valence-electron chi connectivity index (χ4n) is 2.49. The van der Waals surface area contributed by atoms with Gasteiger partial charge in [-0.25, -0.2) is 0 Å². The monoisotopic (exact) mass is 247 g/mol. The zero-order valence-corrected chi connectivity index (χ0v) is 10.6. The molecule has 0 saturated heterocycles. The number of nitrogens with two attached hydrogens (primary N) is 1. The Morgan fingerprint density at radius 1 is 1.00 bits per heavy atom. The lowest BCUT2D eigenvalue weighted by atomic mass is 9.77. The van der Waals surface area contributed by atoms with E-state index in [-0.39, 0.29) is 18.4 Å². The lowest BCUT2D eigenvalue weighted by molar-refractivity contribution is 0.264. The van der Waals surface area contributed by atoms with E-state index < -0.39 is 0 Å². The highest BCUT2D eigenvalue weighted by Gasteiger charge is 2.25. The van der Waals surface area contributed by atoms with Gasteiger partial charge >= 0.3 is 0 Å². The van der Waals surface area contributed by atoms with Crippen molar-refractivity contribution in [3.05, 3.63) is 48.0 Å². The summed E-state index contributed by atoms with van der Waals surface area (Å²) >= 11 is 0. The maximum Gasteiger partial charge on any atom is 0.0323 e. The van der Waals surface area contributed by atoms with Gasteiger partial charge in [-0.3, -0.25) is 0 Å². The highest BCUT2D eigenvalue weighted by molar-refractivity contribution is 5.85. The van der Waals surface area contributed by atoms with Crippen LogP contribution in [0.25, 0.3) is 10.8 Å². The summed E-state index contributed by atoms with van der Waals surface area (Å²) in [7, 11) is 0. The van der Waals surface area contributed by atoms with Gasteiger partial charge in [0.05, 0.1) is 0 Å². The summed E-state index contributed by atoms with van der Waals surface area (Å²) in [4.78, 5) is 0. The van der Waals surface area contributed by atoms with Gasteiger partial charge in [0.2, 0.25) is 0 Å². The molecule has 1 aliphatic rings. The first kappa shape index (κ1) is 12.4. The Morgan fingerprint density at radius 3 is 2.35 bits per heavy atom. The number of hydrogen-bond donors (Lipinski definition) is 1. The van der Waals surface area contributed by atoms with E-state index >= 15 is 0 Å². The molecule has 1 aliphatic carbocycles. The molecule has 0 bridgehead atoms. The predicted molar refractivity (Wildman–Crippen MR) is 75.5 cm³/mol. The molecule has 0 aromatic heterocycles. The van der Waals surface area contributed by atoms with Crippen LogP contribution in [0.1, 0.15) is 30.9 Å². The molecule has 0 amide bonds. The molecular weight excluding hydrogens is 230 g/mol. The molecule has 1 saturated carbocycles. The third-order valence-corrected chi connectivity index (χ3v) is 3.82. The molecular formula is C15H18ClN. The van der Waals surface area contributed by atoms with Crippen molar-refractivity contribution >= 4 is 23.2 Å². The molecule has 17 heavy (non-hydrogen) atoms. The fraction of sp³-hybridized carbons (Fsp3) is 0.333. The summed E-state index contributed by atoms with van der Waals surface area (Å²) in [6.45, 7) is 0. The Labute approximate surface area is 108 Å². The Balaban J connectivity index is 0.00000108. The van der Waals surface area contributed by atoms with Gasteiger partial charge in [-0.05, 0) is 41.2 Å². The number of hydrogen-bond acceptors (Lipinski definition) is 1. The summed E-state index contributed by atoms with van der Waals surface area (Å²) in [5, 5.41) is 2.60. The molecule has 0 aliphatic heterocycles. The Kier molecular flexibility index (Phi) is 3.70. The Morgan fingerprint density at radius 2 is 1.71 bits per heavy atom. The van der Waals surface area contributed by atoms with E-state index in [0.29, 0.717) is 5.92 Å². The van der Waals surface area contributed by atoms with E-state index in [1.165, 1.54) is 35.6 Å². The van der Waals surface area contributed by atoms with Crippen LogP contribution in [0.3, 0.4) is 0 Å². The lowest BCUT2D eigenvalue weighted by Gasteiger charge is -2.31. The average molecular weight is 248 g/mol. The van der Waals surface area contributed by atoms with E-state index in [1.54, 1.807) is 0 Å². The maximum absolute atomic E-state index is 6.29. The normalized spacial score (nSPS) is 17.2. The molecule has 1 atom stereocenters. The number of rotatable bonds is 2. The van der Waals surface area contributed by atoms with Crippen molar-refractivity contribution in [2.75, 3.05) is 0 Å². The van der Waals surface area contributed by atoms with E-state index in [2.05, 4.69) is 42.5 Å². The molecule has 3 rings (SSSR count). The van der Waals surface area contributed by atoms with Crippen molar-refractivity contribution in [1.82, 2.24) is 0 Å². The summed E-state index contributed by atoms with van der Waals surface area (Å²) in [5.74, 6) is 0.709. The molecule has 2 aromatic carbocycles. The largest absolute Gasteiger partial charge is 0.324 e. The van der Waals surface area contributed by atoms with E-state index in [4.69, 9.17) is 5.73 Å². The quantitative estimate of drug-likeness (QED) is 0.851. The van der Waals surface area contributed by atoms with Gasteiger partial charge in [0.25, 0.3) is 0 Å². The standard InChI is InChI=1S/C15H17N.ClH/c16-15(12-6-3-7-12)14-9-8-11-4-1-2-5-13(11)10-14;/h1-2,4-5,8-10,12,15H,3,6-7,16H2;1H/t15-;/m0./s1. The summed E-state index contributed by atoms with van der Waals surface area (Å²) in [6.07, 6.45) is 3.95. The second-order valence-corrected chi connectivity index (χ2v) is 4.82. The molecule has 1 fully saturated rings. The van der Waals surface area contributed by atoms with Crippen LogP contribution in [-0.4, -0.2) is 0 Å². The minimum absolute atomic E-state index is 0. The van der Waals surface area contributed by atoms with E-state index in [0.717, 1.165) is 0 Å². The smallest absolute Gasteiger partial charge is 0.0323 e. The van der Waals surface area contributed by atoms with E-state index in [9.17, 15) is 0 Å². The molecule has 0 unspecified atom stereocenters. The van der Waals surface area contributed by atoms with Gasteiger partial charge in [-0.15, -0.1) is 12.4 Å². The van der Waals surface area contributed by atoms with Crippen molar-refractivity contribution in [3.63, 3.8) is 0 Å². The summed E-state index contributed by atoms with van der Waals surface area (Å²) in [5.41, 5.74) is 7.59. The third kappa shape index (κ3) is 2.31. The highest BCUT2D eigenvalue weighted by Crippen LogP contribution is 2.36. The third-order valence-electron chi connectivity index (χ3n) is 3.82. The van der Waals surface area contributed by atoms with Crippen LogP contribution >= 0.6 is 12.4 Å². The van der Waals surface area contributed by atoms with Gasteiger partial charge < -0.3 is 5.73 Å². The van der Waals surface area contributed by atoms with Crippen LogP contribution in [0.5, 0.6) is 0 Å². The second kappa shape index (κ2) is 5.07. The van der Waals surface area contributed by atoms with Gasteiger partial charge in [0.15, 0.2) is 0 Å². The zero-order chi connectivity index (χ0) is 11.0. The van der Waals surface area contributed by atoms with Crippen LogP contribution < -0.4 is 5.73 Å². The molecule has 2 aromatic rings. The van der Waals surface area contributed by atoms with Crippen LogP contribution in [0.4, 0.5) is 0 Å². The van der Waals surface area contributed by atoms with Crippen LogP contribution in [0.2, 0.25) is 0 Å². The van der Waals surface area contributed by atoms with Gasteiger partial charge in [-0.1, -0.05) is 42.8 Å². The van der Waals surface area contributed by atoms with Crippen molar-refractivity contribution in [3.8, 4) is 0 Å². The second-order valence-electron chi connectivity index (χ2n) is 4.82. The lowest BCUT2D eigenvalue weighted by Crippen LogP contribution is -2.26. The van der Waals surface area contributed by atoms with Crippen molar-refractivity contribution in [1.29, 1.82) is 0 Å². The number of benzene rings is 2. The van der Waals surface area contributed by atoms with Crippen LogP contribution in [0, 0.1) is 5.92 Å². The summed E-state index contributed by atoms with van der Waals surface area (Å²) in [6, 6.07) is 15.3. The van der Waals surface area contributed by atoms with Crippen molar-refractivity contribution in [2.45, 2.75) is 25.3 Å². The molecule has 0 spiro atoms. The first-order chi connectivity index (χ1) is 7.84. The fourth-order valence-corrected chi connectivity index (χ4v) is 2.49. The van der Waals surface area contributed by atoms with Crippen molar-refractivity contribution < 1.29 is 0 Å². The Hall–Kier alpha value is -1.05. The zero-order valence-electron chi connectivity index (χ0n) is 9.80. The van der Waals surface area contributed by atoms with E-state index in [1.807, 2.05) is 0 Å². The highest BCUT2D eigenvalue weighted by atomic mass is 35.5. The number of halogens is 1. The molecule has 2 heteroatoms. The molecule has 1 nitrogen and oxygen atoms in total. The van der Waals surface area contributed by atoms with Crippen LogP contribution in [0.15, 0.2) is 42.5 Å². The Bertz CT molecular complexity index is 505. The minimum atomic E-state index is 0. The van der Waals surface area contributed by atoms with Crippen molar-refractivity contribution in [2.24, 2.45) is 11.7 Å². The molecule has 0 radical (unpaired) electrons. The first-order valence-corrected chi connectivity index (χ1v) is 6.09. The molecule has 0 heterocycles. The minimum Gasteiger partial charge on any atom is -0.324 e. The number of fused-ring (bicyclic) bond motifs is 1. The van der Waals surface area contributed by atoms with Crippen LogP contribution in [-0.2, 0) is 0 Å². The SMILES string of the molecule is Cl.N[C@H](c1ccc2ccccc2c1)C1CCC1. The maximum atomic E-state index is 6.29. The predicted octanol–water partition coefficient (Wildman–Crippen LogP) is 4.06. The average Bonchev–Trinajstić information content (AvgIpc) is 2.26. The first-order valence-electron chi connectivity index (χ1n) is 6.09. The van der Waals surface area contributed by atoms with Gasteiger partial charge in [0.1, 0.15) is 0 Å². The summed E-state index contributed by atoms with van der Waals surface area (Å²) < 4.78 is 0. The van der Waals surface area contributed by atoms with Gasteiger partial charge in [0, 0.05) is 6.04 Å². The molecule has 2 N–H and O–H groups in total. The molecule has 90 valence electrons. The van der Waals surface area contributed by atoms with Gasteiger partial charge in [-0.2, -0.15) is 0 Å².